The molecule has 7 heteroatoms. The van der Waals surface area contributed by atoms with Gasteiger partial charge in [0.1, 0.15) is 0 Å². The molecule has 84 valence electrons. The van der Waals surface area contributed by atoms with Crippen LogP contribution in [0.15, 0.2) is 0 Å². The van der Waals surface area contributed by atoms with Gasteiger partial charge in [0.05, 0.1) is 6.61 Å². The highest BCUT2D eigenvalue weighted by Crippen LogP contribution is 2.17. The minimum Gasteiger partial charge on any atom is -0.395 e. The van der Waals surface area contributed by atoms with Crippen molar-refractivity contribution in [3.63, 3.8) is 0 Å². The lowest BCUT2D eigenvalue weighted by atomic mass is 10.3. The van der Waals surface area contributed by atoms with Crippen LogP contribution in [-0.4, -0.2) is 45.3 Å². The maximum Gasteiger partial charge on any atom is 0.285 e. The van der Waals surface area contributed by atoms with Gasteiger partial charge in [0.15, 0.2) is 0 Å². The Morgan fingerprint density at radius 1 is 1.60 bits per heavy atom. The second-order valence-corrected chi connectivity index (χ2v) is 4.74. The molecule has 5 nitrogen and oxygen atoms in total. The van der Waals surface area contributed by atoms with Crippen molar-refractivity contribution in [3.05, 3.63) is 9.47 Å². The van der Waals surface area contributed by atoms with E-state index in [1.54, 1.807) is 0 Å². The molecule has 0 saturated carbocycles. The third-order valence-electron chi connectivity index (χ3n) is 1.81. The molecule has 15 heavy (non-hydrogen) atoms. The normalized spacial score (nSPS) is 10.7. The number of carbonyl (C=O) groups is 1. The number of hydrogen-bond acceptors (Lipinski definition) is 5. The Morgan fingerprint density at radius 2 is 2.27 bits per heavy atom. The zero-order chi connectivity index (χ0) is 11.4. The maximum atomic E-state index is 11.9. The van der Waals surface area contributed by atoms with Gasteiger partial charge in [-0.3, -0.25) is 4.79 Å². The van der Waals surface area contributed by atoms with Crippen LogP contribution in [0.5, 0.6) is 0 Å². The van der Waals surface area contributed by atoms with E-state index in [1.807, 2.05) is 13.8 Å². The Kier molecular flexibility index (Phi) is 4.44. The molecule has 1 rings (SSSR count). The average molecular weight is 250 g/mol. The third-order valence-corrected chi connectivity index (χ3v) is 2.82. The van der Waals surface area contributed by atoms with E-state index < -0.39 is 0 Å². The van der Waals surface area contributed by atoms with Crippen molar-refractivity contribution in [1.82, 2.24) is 15.1 Å². The van der Waals surface area contributed by atoms with Crippen molar-refractivity contribution >= 4 is 28.8 Å². The van der Waals surface area contributed by atoms with Crippen LogP contribution in [0.4, 0.5) is 0 Å². The van der Waals surface area contributed by atoms with Gasteiger partial charge in [-0.2, -0.15) is 0 Å². The Hall–Kier alpha value is -0.720. The first-order valence-electron chi connectivity index (χ1n) is 4.47. The van der Waals surface area contributed by atoms with Crippen molar-refractivity contribution in [1.29, 1.82) is 0 Å². The molecule has 0 aliphatic carbocycles. The van der Waals surface area contributed by atoms with Crippen molar-refractivity contribution in [2.75, 3.05) is 13.2 Å². The van der Waals surface area contributed by atoms with Gasteiger partial charge >= 0.3 is 0 Å². The van der Waals surface area contributed by atoms with E-state index in [0.29, 0.717) is 0 Å². The first-order chi connectivity index (χ1) is 7.06. The lowest BCUT2D eigenvalue weighted by molar-refractivity contribution is 0.0664. The van der Waals surface area contributed by atoms with Gasteiger partial charge < -0.3 is 10.0 Å². The fraction of sp³-hybridized carbons (Fsp3) is 0.625. The van der Waals surface area contributed by atoms with E-state index in [1.165, 1.54) is 4.90 Å². The Balaban J connectivity index is 2.80. The van der Waals surface area contributed by atoms with Crippen LogP contribution in [0.3, 0.4) is 0 Å². The van der Waals surface area contributed by atoms with E-state index in [-0.39, 0.29) is 34.6 Å². The molecular formula is C8H12ClN3O2S. The maximum absolute atomic E-state index is 11.9. The van der Waals surface area contributed by atoms with E-state index >= 15 is 0 Å². The van der Waals surface area contributed by atoms with Gasteiger partial charge in [-0.15, -0.1) is 10.2 Å². The molecule has 1 heterocycles. The van der Waals surface area contributed by atoms with Crippen LogP contribution >= 0.6 is 22.9 Å². The van der Waals surface area contributed by atoms with Crippen LogP contribution in [0.1, 0.15) is 23.6 Å². The zero-order valence-corrected chi connectivity index (χ0v) is 10.0. The lowest BCUT2D eigenvalue weighted by Gasteiger charge is -2.24. The largest absolute Gasteiger partial charge is 0.395 e. The molecule has 1 amide bonds. The Labute approximate surface area is 96.7 Å². The van der Waals surface area contributed by atoms with E-state index in [4.69, 9.17) is 16.7 Å². The molecule has 1 aromatic rings. The number of rotatable bonds is 4. The number of aliphatic hydroxyl groups is 1. The number of aliphatic hydroxyl groups excluding tert-OH is 1. The summed E-state index contributed by atoms with van der Waals surface area (Å²) in [5, 5.41) is 16.3. The van der Waals surface area contributed by atoms with Crippen LogP contribution in [0.2, 0.25) is 4.47 Å². The molecule has 0 fully saturated rings. The highest BCUT2D eigenvalue weighted by molar-refractivity contribution is 7.17. The lowest BCUT2D eigenvalue weighted by Crippen LogP contribution is -2.38. The van der Waals surface area contributed by atoms with E-state index in [9.17, 15) is 4.79 Å². The molecule has 0 atom stereocenters. The molecule has 0 saturated heterocycles. The fourth-order valence-electron chi connectivity index (χ4n) is 1.12. The monoisotopic (exact) mass is 249 g/mol. The van der Waals surface area contributed by atoms with Gasteiger partial charge in [0.25, 0.3) is 5.91 Å². The summed E-state index contributed by atoms with van der Waals surface area (Å²) in [6.07, 6.45) is 0. The second-order valence-electron chi connectivity index (χ2n) is 3.18. The number of amides is 1. The summed E-state index contributed by atoms with van der Waals surface area (Å²) in [6.45, 7) is 3.95. The van der Waals surface area contributed by atoms with Crippen LogP contribution < -0.4 is 0 Å². The predicted octanol–water partition coefficient (Wildman–Crippen LogP) is 1.03. The second kappa shape index (κ2) is 5.39. The molecule has 0 spiro atoms. The predicted molar refractivity (Wildman–Crippen MR) is 58.2 cm³/mol. The number of hydrogen-bond donors (Lipinski definition) is 1. The quantitative estimate of drug-likeness (QED) is 0.866. The molecule has 0 aliphatic heterocycles. The fourth-order valence-corrected chi connectivity index (χ4v) is 1.90. The molecule has 1 N–H and O–H groups in total. The first-order valence-corrected chi connectivity index (χ1v) is 5.66. The van der Waals surface area contributed by atoms with Gasteiger partial charge in [0.2, 0.25) is 9.47 Å². The third kappa shape index (κ3) is 3.12. The number of carbonyl (C=O) groups excluding carboxylic acids is 1. The zero-order valence-electron chi connectivity index (χ0n) is 8.47. The van der Waals surface area contributed by atoms with Gasteiger partial charge in [-0.1, -0.05) is 11.3 Å². The first kappa shape index (κ1) is 12.4. The van der Waals surface area contributed by atoms with Crippen molar-refractivity contribution in [3.8, 4) is 0 Å². The average Bonchev–Trinajstić information content (AvgIpc) is 2.59. The number of nitrogens with zero attached hydrogens (tertiary/aromatic N) is 3. The molecule has 0 aromatic carbocycles. The Bertz CT molecular complexity index is 342. The molecule has 0 radical (unpaired) electrons. The summed E-state index contributed by atoms with van der Waals surface area (Å²) < 4.78 is 0.242. The smallest absolute Gasteiger partial charge is 0.285 e. The Morgan fingerprint density at radius 3 is 2.67 bits per heavy atom. The summed E-state index contributed by atoms with van der Waals surface area (Å²) in [5.41, 5.74) is 0. The minimum atomic E-state index is -0.247. The topological polar surface area (TPSA) is 66.3 Å². The van der Waals surface area contributed by atoms with Crippen LogP contribution in [0, 0.1) is 0 Å². The van der Waals surface area contributed by atoms with E-state index in [0.717, 1.165) is 11.3 Å². The highest BCUT2D eigenvalue weighted by atomic mass is 35.5. The van der Waals surface area contributed by atoms with Gasteiger partial charge in [-0.05, 0) is 25.4 Å². The standard InChI is InChI=1S/C8H12ClN3O2S/c1-5(2)12(3-4-13)7(14)6-10-11-8(9)15-6/h5,13H,3-4H2,1-2H3. The van der Waals surface area contributed by atoms with E-state index in [2.05, 4.69) is 10.2 Å². The van der Waals surface area contributed by atoms with Crippen molar-refractivity contribution in [2.45, 2.75) is 19.9 Å². The minimum absolute atomic E-state index is 0.00678. The molecule has 0 bridgehead atoms. The molecule has 0 unspecified atom stereocenters. The number of aromatic nitrogens is 2. The molecular weight excluding hydrogens is 238 g/mol. The molecule has 1 aromatic heterocycles. The van der Waals surface area contributed by atoms with Gasteiger partial charge in [-0.25, -0.2) is 0 Å². The van der Waals surface area contributed by atoms with Crippen LogP contribution in [-0.2, 0) is 0 Å². The summed E-state index contributed by atoms with van der Waals surface area (Å²) in [5.74, 6) is -0.247. The summed E-state index contributed by atoms with van der Waals surface area (Å²) in [6, 6.07) is 0.00678. The number of halogens is 1. The SMILES string of the molecule is CC(C)N(CCO)C(=O)c1nnc(Cl)s1. The van der Waals surface area contributed by atoms with Crippen molar-refractivity contribution < 1.29 is 9.90 Å². The summed E-state index contributed by atoms with van der Waals surface area (Å²) in [7, 11) is 0. The highest BCUT2D eigenvalue weighted by Gasteiger charge is 2.21. The van der Waals surface area contributed by atoms with Gasteiger partial charge in [0, 0.05) is 12.6 Å². The molecule has 0 aliphatic rings. The van der Waals surface area contributed by atoms with Crippen molar-refractivity contribution in [2.24, 2.45) is 0 Å². The summed E-state index contributed by atoms with van der Waals surface area (Å²) in [4.78, 5) is 13.4. The summed E-state index contributed by atoms with van der Waals surface area (Å²) >= 11 is 6.63. The van der Waals surface area contributed by atoms with Crippen LogP contribution in [0.25, 0.3) is 0 Å².